The highest BCUT2D eigenvalue weighted by Gasteiger charge is 2.42. The van der Waals surface area contributed by atoms with Crippen molar-refractivity contribution in [3.63, 3.8) is 0 Å². The summed E-state index contributed by atoms with van der Waals surface area (Å²) in [6.07, 6.45) is 2.38. The minimum Gasteiger partial charge on any atom is -0.350 e. The Hall–Kier alpha value is -1.93. The monoisotopic (exact) mass is 379 g/mol. The largest absolute Gasteiger partial charge is 0.350 e. The van der Waals surface area contributed by atoms with Gasteiger partial charge in [0.25, 0.3) is 5.91 Å². The van der Waals surface area contributed by atoms with Crippen LogP contribution in [0, 0.1) is 5.92 Å². The fourth-order valence-corrected chi connectivity index (χ4v) is 5.33. The Balaban J connectivity index is 1.71. The van der Waals surface area contributed by atoms with E-state index in [0.29, 0.717) is 12.1 Å². The summed E-state index contributed by atoms with van der Waals surface area (Å²) in [5.41, 5.74) is 0.568. The van der Waals surface area contributed by atoms with Crippen molar-refractivity contribution in [3.8, 4) is 0 Å². The Morgan fingerprint density at radius 3 is 2.62 bits per heavy atom. The Bertz CT molecular complexity index is 802. The Morgan fingerprint density at radius 1 is 1.31 bits per heavy atom. The zero-order valence-electron chi connectivity index (χ0n) is 15.1. The standard InChI is InChI=1S/C18H25N3O4S/c1-13-12-26(24,25)21(18(13)23)16-7-5-6-15(10-16)17(22)19-11-14(2)20-8-3-4-9-20/h5-7,10,13-14H,3-4,8-9,11-12H2,1-2H3,(H,19,22). The molecule has 0 saturated carbocycles. The second-order valence-electron chi connectivity index (χ2n) is 7.13. The van der Waals surface area contributed by atoms with Crippen molar-refractivity contribution in [1.29, 1.82) is 0 Å². The van der Waals surface area contributed by atoms with Gasteiger partial charge in [-0.15, -0.1) is 0 Å². The lowest BCUT2D eigenvalue weighted by Crippen LogP contribution is -2.40. The minimum absolute atomic E-state index is 0.199. The molecule has 2 amide bonds. The first-order chi connectivity index (χ1) is 12.3. The van der Waals surface area contributed by atoms with Crippen LogP contribution < -0.4 is 9.62 Å². The summed E-state index contributed by atoms with van der Waals surface area (Å²) < 4.78 is 25.3. The average Bonchev–Trinajstić information content (AvgIpc) is 3.19. The minimum atomic E-state index is -3.67. The van der Waals surface area contributed by atoms with E-state index in [0.717, 1.165) is 17.4 Å². The molecule has 0 radical (unpaired) electrons. The van der Waals surface area contributed by atoms with E-state index >= 15 is 0 Å². The molecule has 8 heteroatoms. The number of benzene rings is 1. The summed E-state index contributed by atoms with van der Waals surface area (Å²) in [6, 6.07) is 6.47. The lowest BCUT2D eigenvalue weighted by molar-refractivity contribution is -0.119. The van der Waals surface area contributed by atoms with Crippen molar-refractivity contribution in [1.82, 2.24) is 10.2 Å². The molecule has 142 valence electrons. The van der Waals surface area contributed by atoms with E-state index in [-0.39, 0.29) is 23.4 Å². The van der Waals surface area contributed by atoms with E-state index in [1.54, 1.807) is 19.1 Å². The number of nitrogens with zero attached hydrogens (tertiary/aromatic N) is 2. The molecule has 2 atom stereocenters. The Kier molecular flexibility index (Phi) is 5.34. The van der Waals surface area contributed by atoms with Gasteiger partial charge in [-0.3, -0.25) is 14.5 Å². The molecular weight excluding hydrogens is 354 g/mol. The molecule has 26 heavy (non-hydrogen) atoms. The van der Waals surface area contributed by atoms with E-state index in [1.807, 2.05) is 0 Å². The van der Waals surface area contributed by atoms with Gasteiger partial charge < -0.3 is 5.32 Å². The summed E-state index contributed by atoms with van der Waals surface area (Å²) in [5.74, 6) is -1.49. The number of carbonyl (C=O) groups excluding carboxylic acids is 2. The molecule has 2 fully saturated rings. The summed E-state index contributed by atoms with van der Waals surface area (Å²) in [6.45, 7) is 6.31. The molecule has 0 aliphatic carbocycles. The van der Waals surface area contributed by atoms with Crippen LogP contribution in [0.3, 0.4) is 0 Å². The first kappa shape index (κ1) is 18.8. The van der Waals surface area contributed by atoms with Crippen LogP contribution in [0.25, 0.3) is 0 Å². The highest BCUT2D eigenvalue weighted by Crippen LogP contribution is 2.28. The van der Waals surface area contributed by atoms with Gasteiger partial charge in [-0.25, -0.2) is 12.7 Å². The summed E-state index contributed by atoms with van der Waals surface area (Å²) in [7, 11) is -3.67. The van der Waals surface area contributed by atoms with Crippen molar-refractivity contribution in [3.05, 3.63) is 29.8 Å². The van der Waals surface area contributed by atoms with Crippen molar-refractivity contribution < 1.29 is 18.0 Å². The number of anilines is 1. The number of nitrogens with one attached hydrogen (secondary N) is 1. The average molecular weight is 379 g/mol. The third-order valence-electron chi connectivity index (χ3n) is 5.03. The molecule has 1 aromatic carbocycles. The highest BCUT2D eigenvalue weighted by atomic mass is 32.2. The van der Waals surface area contributed by atoms with E-state index < -0.39 is 21.8 Å². The molecule has 0 aromatic heterocycles. The van der Waals surface area contributed by atoms with Gasteiger partial charge in [0.1, 0.15) is 0 Å². The quantitative estimate of drug-likeness (QED) is 0.831. The third kappa shape index (κ3) is 3.76. The van der Waals surface area contributed by atoms with E-state index in [2.05, 4.69) is 17.1 Å². The van der Waals surface area contributed by atoms with Crippen LogP contribution in [0.5, 0.6) is 0 Å². The summed E-state index contributed by atoms with van der Waals surface area (Å²) >= 11 is 0. The number of hydrogen-bond acceptors (Lipinski definition) is 5. The lowest BCUT2D eigenvalue weighted by atomic mass is 10.1. The van der Waals surface area contributed by atoms with Gasteiger partial charge in [0.15, 0.2) is 0 Å². The predicted molar refractivity (Wildman–Crippen MR) is 99.5 cm³/mol. The van der Waals surface area contributed by atoms with Crippen molar-refractivity contribution in [2.24, 2.45) is 5.92 Å². The number of carbonyl (C=O) groups is 2. The molecule has 2 aliphatic rings. The van der Waals surface area contributed by atoms with Crippen LogP contribution in [0.15, 0.2) is 24.3 Å². The maximum Gasteiger partial charge on any atom is 0.251 e. The number of sulfonamides is 1. The van der Waals surface area contributed by atoms with Crippen LogP contribution in [-0.2, 0) is 14.8 Å². The highest BCUT2D eigenvalue weighted by molar-refractivity contribution is 7.94. The van der Waals surface area contributed by atoms with E-state index in [1.165, 1.54) is 25.0 Å². The number of amides is 2. The van der Waals surface area contributed by atoms with Gasteiger partial charge in [0.05, 0.1) is 17.4 Å². The van der Waals surface area contributed by atoms with Crippen LogP contribution in [0.1, 0.15) is 37.0 Å². The lowest BCUT2D eigenvalue weighted by Gasteiger charge is -2.24. The predicted octanol–water partition coefficient (Wildman–Crippen LogP) is 1.21. The Morgan fingerprint density at radius 2 is 2.00 bits per heavy atom. The smallest absolute Gasteiger partial charge is 0.251 e. The second-order valence-corrected chi connectivity index (χ2v) is 9.00. The summed E-state index contributed by atoms with van der Waals surface area (Å²) in [4.78, 5) is 27.0. The fraction of sp³-hybridized carbons (Fsp3) is 0.556. The molecule has 2 aliphatic heterocycles. The van der Waals surface area contributed by atoms with Crippen LogP contribution >= 0.6 is 0 Å². The van der Waals surface area contributed by atoms with Gasteiger partial charge in [-0.2, -0.15) is 0 Å². The van der Waals surface area contributed by atoms with Gasteiger partial charge in [0.2, 0.25) is 15.9 Å². The molecule has 0 spiro atoms. The number of likely N-dealkylation sites (tertiary alicyclic amines) is 1. The van der Waals surface area contributed by atoms with Crippen LogP contribution in [-0.4, -0.2) is 56.6 Å². The maximum atomic E-state index is 12.5. The first-order valence-electron chi connectivity index (χ1n) is 8.99. The zero-order chi connectivity index (χ0) is 18.9. The normalized spacial score (nSPS) is 24.0. The zero-order valence-corrected chi connectivity index (χ0v) is 16.0. The first-order valence-corrected chi connectivity index (χ1v) is 10.6. The maximum absolute atomic E-state index is 12.5. The van der Waals surface area contributed by atoms with E-state index in [9.17, 15) is 18.0 Å². The number of rotatable bonds is 5. The van der Waals surface area contributed by atoms with Crippen LogP contribution in [0.4, 0.5) is 5.69 Å². The molecule has 2 heterocycles. The van der Waals surface area contributed by atoms with Crippen molar-refractivity contribution in [2.75, 3.05) is 29.7 Å². The molecular formula is C18H25N3O4S. The van der Waals surface area contributed by atoms with Crippen LogP contribution in [0.2, 0.25) is 0 Å². The third-order valence-corrected chi connectivity index (χ3v) is 6.89. The van der Waals surface area contributed by atoms with Crippen molar-refractivity contribution in [2.45, 2.75) is 32.7 Å². The SMILES string of the molecule is CC1CS(=O)(=O)N(c2cccc(C(=O)NCC(C)N3CCCC3)c2)C1=O. The molecule has 2 saturated heterocycles. The van der Waals surface area contributed by atoms with Crippen molar-refractivity contribution >= 4 is 27.5 Å². The van der Waals surface area contributed by atoms with Gasteiger partial charge in [-0.05, 0) is 51.1 Å². The topological polar surface area (TPSA) is 86.8 Å². The van der Waals surface area contributed by atoms with Gasteiger partial charge in [0, 0.05) is 18.2 Å². The fourth-order valence-electron chi connectivity index (χ4n) is 3.51. The molecule has 1 aromatic rings. The molecule has 1 N–H and O–H groups in total. The molecule has 0 bridgehead atoms. The summed E-state index contributed by atoms with van der Waals surface area (Å²) in [5, 5.41) is 2.90. The van der Waals surface area contributed by atoms with E-state index in [4.69, 9.17) is 0 Å². The van der Waals surface area contributed by atoms with Gasteiger partial charge in [-0.1, -0.05) is 13.0 Å². The molecule has 7 nitrogen and oxygen atoms in total. The number of hydrogen-bond donors (Lipinski definition) is 1. The molecule has 3 rings (SSSR count). The Labute approximate surface area is 154 Å². The second kappa shape index (κ2) is 7.36. The molecule has 2 unspecified atom stereocenters. The van der Waals surface area contributed by atoms with Gasteiger partial charge >= 0.3 is 0 Å².